The monoisotopic (exact) mass is 330 g/mol. The first-order valence-electron chi connectivity index (χ1n) is 7.00. The Morgan fingerprint density at radius 2 is 1.71 bits per heavy atom. The number of rotatable bonds is 6. The van der Waals surface area contributed by atoms with Gasteiger partial charge in [0.2, 0.25) is 11.8 Å². The van der Waals surface area contributed by atoms with E-state index in [1.807, 2.05) is 0 Å². The van der Waals surface area contributed by atoms with Crippen LogP contribution in [0.2, 0.25) is 0 Å². The fourth-order valence-corrected chi connectivity index (χ4v) is 1.98. The summed E-state index contributed by atoms with van der Waals surface area (Å²) in [6, 6.07) is 0. The van der Waals surface area contributed by atoms with Crippen molar-refractivity contribution < 1.29 is 28.7 Å². The Hall–Kier alpha value is -3.29. The molecular weight excluding hydrogens is 316 g/mol. The number of carbonyl (C=O) groups excluding carboxylic acids is 5. The van der Waals surface area contributed by atoms with Crippen molar-refractivity contribution in [3.05, 3.63) is 48.7 Å². The van der Waals surface area contributed by atoms with Gasteiger partial charge in [0.15, 0.2) is 6.73 Å². The third-order valence-electron chi connectivity index (χ3n) is 3.29. The van der Waals surface area contributed by atoms with Crippen LogP contribution in [0.4, 0.5) is 0 Å². The lowest BCUT2D eigenvalue weighted by Gasteiger charge is -2.13. The summed E-state index contributed by atoms with van der Waals surface area (Å²) < 4.78 is 4.90. The largest absolute Gasteiger partial charge is 0.440 e. The maximum absolute atomic E-state index is 11.9. The molecule has 0 aromatic carbocycles. The number of likely N-dealkylation sites (tertiary alicyclic amines) is 1. The highest BCUT2D eigenvalue weighted by Crippen LogP contribution is 2.12. The second kappa shape index (κ2) is 7.32. The number of nitrogens with zero attached hydrogens (tertiary/aromatic N) is 2. The topological polar surface area (TPSA) is 101 Å². The molecule has 0 radical (unpaired) electrons. The second-order valence-corrected chi connectivity index (χ2v) is 4.82. The highest BCUT2D eigenvalue weighted by atomic mass is 16.5. The van der Waals surface area contributed by atoms with E-state index >= 15 is 0 Å². The molecule has 8 heteroatoms. The number of amides is 4. The van der Waals surface area contributed by atoms with Crippen molar-refractivity contribution in [2.45, 2.75) is 12.8 Å². The first-order valence-corrected chi connectivity index (χ1v) is 7.00. The van der Waals surface area contributed by atoms with Gasteiger partial charge in [-0.15, -0.1) is 0 Å². The Morgan fingerprint density at radius 1 is 1.12 bits per heavy atom. The summed E-state index contributed by atoms with van der Waals surface area (Å²) in [6.45, 7) is 3.00. The summed E-state index contributed by atoms with van der Waals surface area (Å²) in [5.41, 5.74) is 0.0393. The minimum Gasteiger partial charge on any atom is -0.440 e. The van der Waals surface area contributed by atoms with Gasteiger partial charge in [-0.25, -0.2) is 9.69 Å². The average Bonchev–Trinajstić information content (AvgIpc) is 3.05. The van der Waals surface area contributed by atoms with Gasteiger partial charge in [-0.1, -0.05) is 12.7 Å². The predicted molar refractivity (Wildman–Crippen MR) is 80.5 cm³/mol. The lowest BCUT2D eigenvalue weighted by atomic mass is 10.2. The van der Waals surface area contributed by atoms with E-state index in [4.69, 9.17) is 4.74 Å². The molecule has 0 aromatic heterocycles. The Labute approximate surface area is 137 Å². The van der Waals surface area contributed by atoms with E-state index in [-0.39, 0.29) is 18.4 Å². The molecule has 1 saturated heterocycles. The van der Waals surface area contributed by atoms with Crippen LogP contribution in [0.25, 0.3) is 0 Å². The maximum Gasteiger partial charge on any atom is 0.339 e. The van der Waals surface area contributed by atoms with Gasteiger partial charge >= 0.3 is 5.97 Å². The van der Waals surface area contributed by atoms with E-state index in [1.165, 1.54) is 24.4 Å². The number of esters is 1. The van der Waals surface area contributed by atoms with Crippen molar-refractivity contribution in [1.29, 1.82) is 0 Å². The second-order valence-electron chi connectivity index (χ2n) is 4.82. The molecule has 2 aliphatic rings. The molecule has 124 valence electrons. The van der Waals surface area contributed by atoms with E-state index in [0.29, 0.717) is 0 Å². The van der Waals surface area contributed by atoms with Crippen molar-refractivity contribution in [3.63, 3.8) is 0 Å². The minimum absolute atomic E-state index is 0.0393. The standard InChI is InChI=1S/C16H14N2O6/c1-2-11(4-3-9-17-12(19)5-6-13(17)20)16(23)24-10-18-14(21)7-8-15(18)22/h2-6,9H,1,7-8,10H2/b9-3-,11-4+. The van der Waals surface area contributed by atoms with Crippen molar-refractivity contribution in [1.82, 2.24) is 9.80 Å². The molecule has 1 fully saturated rings. The molecule has 0 unspecified atom stereocenters. The lowest BCUT2D eigenvalue weighted by molar-refractivity contribution is -0.152. The fourth-order valence-electron chi connectivity index (χ4n) is 1.98. The van der Waals surface area contributed by atoms with Gasteiger partial charge in [0.05, 0.1) is 5.57 Å². The molecule has 2 aliphatic heterocycles. The molecule has 0 saturated carbocycles. The van der Waals surface area contributed by atoms with Crippen LogP contribution in [0.3, 0.4) is 0 Å². The normalized spacial score (nSPS) is 18.2. The van der Waals surface area contributed by atoms with Gasteiger partial charge in [0.25, 0.3) is 11.8 Å². The highest BCUT2D eigenvalue weighted by Gasteiger charge is 2.29. The molecule has 8 nitrogen and oxygen atoms in total. The molecule has 24 heavy (non-hydrogen) atoms. The quantitative estimate of drug-likeness (QED) is 0.298. The third-order valence-corrected chi connectivity index (χ3v) is 3.29. The van der Waals surface area contributed by atoms with Crippen LogP contribution in [0, 0.1) is 0 Å². The zero-order valence-corrected chi connectivity index (χ0v) is 12.6. The number of ether oxygens (including phenoxy) is 1. The van der Waals surface area contributed by atoms with Crippen molar-refractivity contribution in [3.8, 4) is 0 Å². The highest BCUT2D eigenvalue weighted by molar-refractivity contribution is 6.13. The summed E-state index contributed by atoms with van der Waals surface area (Å²) in [5, 5.41) is 0. The summed E-state index contributed by atoms with van der Waals surface area (Å²) in [4.78, 5) is 59.1. The summed E-state index contributed by atoms with van der Waals surface area (Å²) >= 11 is 0. The van der Waals surface area contributed by atoms with Crippen LogP contribution in [0.1, 0.15) is 12.8 Å². The number of hydrogen-bond donors (Lipinski definition) is 0. The van der Waals surface area contributed by atoms with Gasteiger partial charge in [0.1, 0.15) is 0 Å². The van der Waals surface area contributed by atoms with Crippen LogP contribution in [0.5, 0.6) is 0 Å². The van der Waals surface area contributed by atoms with Crippen molar-refractivity contribution in [2.75, 3.05) is 6.73 Å². The molecule has 2 heterocycles. The first kappa shape index (κ1) is 17.1. The van der Waals surface area contributed by atoms with Crippen LogP contribution in [-0.4, -0.2) is 46.1 Å². The minimum atomic E-state index is -0.792. The van der Waals surface area contributed by atoms with E-state index in [2.05, 4.69) is 6.58 Å². The van der Waals surface area contributed by atoms with Crippen LogP contribution < -0.4 is 0 Å². The smallest absolute Gasteiger partial charge is 0.339 e. The van der Waals surface area contributed by atoms with Gasteiger partial charge in [-0.05, 0) is 12.2 Å². The molecule has 0 bridgehead atoms. The number of carbonyl (C=O) groups is 5. The number of allylic oxidation sites excluding steroid dienone is 2. The van der Waals surface area contributed by atoms with Crippen LogP contribution in [0.15, 0.2) is 48.7 Å². The summed E-state index contributed by atoms with van der Waals surface area (Å²) in [7, 11) is 0. The third kappa shape index (κ3) is 3.72. The molecular formula is C16H14N2O6. The fraction of sp³-hybridized carbons (Fsp3) is 0.188. The van der Waals surface area contributed by atoms with E-state index in [9.17, 15) is 24.0 Å². The predicted octanol–water partition coefficient (Wildman–Crippen LogP) is 0.187. The molecule has 0 aliphatic carbocycles. The first-order chi connectivity index (χ1) is 11.4. The Kier molecular flexibility index (Phi) is 5.20. The Balaban J connectivity index is 1.94. The van der Waals surface area contributed by atoms with Gasteiger partial charge in [-0.2, -0.15) is 0 Å². The molecule has 2 rings (SSSR count). The molecule has 4 amide bonds. The SMILES string of the molecule is C=C/C(=C\C=C/N1C(=O)C=CC1=O)C(=O)OCN1C(=O)CCC1=O. The van der Waals surface area contributed by atoms with E-state index in [1.54, 1.807) is 0 Å². The lowest BCUT2D eigenvalue weighted by Crippen LogP contribution is -2.32. The maximum atomic E-state index is 11.9. The average molecular weight is 330 g/mol. The van der Waals surface area contributed by atoms with E-state index in [0.717, 1.165) is 22.0 Å². The summed E-state index contributed by atoms with van der Waals surface area (Å²) in [6.07, 6.45) is 7.49. The van der Waals surface area contributed by atoms with Crippen LogP contribution >= 0.6 is 0 Å². The zero-order valence-electron chi connectivity index (χ0n) is 12.6. The number of hydrogen-bond acceptors (Lipinski definition) is 6. The summed E-state index contributed by atoms with van der Waals surface area (Å²) in [5.74, 6) is -2.55. The molecule has 0 spiro atoms. The van der Waals surface area contributed by atoms with Crippen molar-refractivity contribution >= 4 is 29.6 Å². The van der Waals surface area contributed by atoms with E-state index < -0.39 is 36.3 Å². The molecule has 0 aromatic rings. The van der Waals surface area contributed by atoms with Crippen LogP contribution in [-0.2, 0) is 28.7 Å². The van der Waals surface area contributed by atoms with Gasteiger partial charge < -0.3 is 4.74 Å². The molecule has 0 atom stereocenters. The zero-order chi connectivity index (χ0) is 17.7. The Morgan fingerprint density at radius 3 is 2.25 bits per heavy atom. The van der Waals surface area contributed by atoms with Gasteiger partial charge in [0, 0.05) is 31.2 Å². The van der Waals surface area contributed by atoms with Crippen molar-refractivity contribution in [2.24, 2.45) is 0 Å². The molecule has 0 N–H and O–H groups in total. The number of imide groups is 2. The Bertz CT molecular complexity index is 682. The van der Waals surface area contributed by atoms with Gasteiger partial charge in [-0.3, -0.25) is 24.1 Å².